The lowest BCUT2D eigenvalue weighted by atomic mass is 9.82. The molecule has 4 aliphatic carbocycles. The van der Waals surface area contributed by atoms with Crippen LogP contribution in [0.4, 0.5) is 65.9 Å². The molecule has 1 N–H and O–H groups in total. The van der Waals surface area contributed by atoms with Crippen LogP contribution in [0.1, 0.15) is 41.7 Å². The van der Waals surface area contributed by atoms with Gasteiger partial charge in [0.05, 0.1) is 12.2 Å². The fourth-order valence-corrected chi connectivity index (χ4v) is 3.91. The van der Waals surface area contributed by atoms with E-state index in [-0.39, 0.29) is 6.92 Å². The third-order valence-electron chi connectivity index (χ3n) is 5.72. The fourth-order valence-electron chi connectivity index (χ4n) is 3.91. The van der Waals surface area contributed by atoms with Crippen molar-refractivity contribution in [2.45, 2.75) is 37.5 Å². The van der Waals surface area contributed by atoms with Crippen LogP contribution in [0.25, 0.3) is 5.57 Å². The van der Waals surface area contributed by atoms with Gasteiger partial charge in [-0.3, -0.25) is 0 Å². The molecule has 2 aromatic rings. The van der Waals surface area contributed by atoms with E-state index in [2.05, 4.69) is 4.74 Å². The molecule has 18 heteroatoms. The van der Waals surface area contributed by atoms with Crippen LogP contribution in [0.5, 0.6) is 0 Å². The third-order valence-corrected chi connectivity index (χ3v) is 5.72. The molecule has 0 aliphatic heterocycles. The summed E-state index contributed by atoms with van der Waals surface area (Å²) < 4.78 is 227. The van der Waals surface area contributed by atoms with E-state index >= 15 is 35.1 Å². The number of allylic oxidation sites excluding steroid dienone is 1. The Balaban J connectivity index is 2.84. The van der Waals surface area contributed by atoms with Crippen molar-refractivity contribution in [2.75, 3.05) is 6.61 Å². The number of alkyl halides is 8. The Morgan fingerprint density at radius 2 is 0.875 bits per heavy atom. The van der Waals surface area contributed by atoms with E-state index in [4.69, 9.17) is 0 Å². The molecule has 220 valence electrons. The first-order valence-corrected chi connectivity index (χ1v) is 10.2. The van der Waals surface area contributed by atoms with Gasteiger partial charge in [-0.1, -0.05) is 0 Å². The Hall–Kier alpha value is -3.60. The topological polar surface area (TPSA) is 46.5 Å². The molecule has 0 aromatic heterocycles. The Bertz CT molecular complexity index is 1440. The fraction of sp³-hybridized carbons (Fsp3) is 0.318. The van der Waals surface area contributed by atoms with Gasteiger partial charge in [0.15, 0.2) is 34.9 Å². The summed E-state index contributed by atoms with van der Waals surface area (Å²) in [7, 11) is 0. The van der Waals surface area contributed by atoms with Gasteiger partial charge in [-0.2, -0.15) is 35.1 Å². The average Bonchev–Trinajstić information content (AvgIpc) is 2.80. The van der Waals surface area contributed by atoms with Crippen molar-refractivity contribution in [1.29, 1.82) is 0 Å². The van der Waals surface area contributed by atoms with Crippen molar-refractivity contribution in [3.8, 4) is 0 Å². The molecule has 3 nitrogen and oxygen atoms in total. The van der Waals surface area contributed by atoms with Gasteiger partial charge in [0.25, 0.3) is 0 Å². The first kappa shape index (κ1) is 30.9. The highest BCUT2D eigenvalue weighted by atomic mass is 19.3. The summed E-state index contributed by atoms with van der Waals surface area (Å²) in [6.45, 7) is 0.354. The molecule has 0 saturated carbocycles. The van der Waals surface area contributed by atoms with Crippen molar-refractivity contribution >= 4 is 11.5 Å². The SMILES string of the molecule is CCOC(=O)/C(=C(/C)O)c1c(F)c2c(F)c(F)c1C(F)(F)C(F)(F)c1c(F)c(F)c(c(F)c1F)C(F)(F)C2(F)F. The second kappa shape index (κ2) is 9.22. The summed E-state index contributed by atoms with van der Waals surface area (Å²) in [5, 5.41) is 9.75. The third kappa shape index (κ3) is 3.73. The normalized spacial score (nSPS) is 19.1. The Morgan fingerprint density at radius 3 is 1.18 bits per heavy atom. The van der Waals surface area contributed by atoms with Crippen LogP contribution in [0.15, 0.2) is 5.76 Å². The summed E-state index contributed by atoms with van der Waals surface area (Å²) in [5.74, 6) is -57.7. The van der Waals surface area contributed by atoms with Crippen molar-refractivity contribution in [3.63, 3.8) is 0 Å². The van der Waals surface area contributed by atoms with Crippen LogP contribution < -0.4 is 0 Å². The number of esters is 1. The van der Waals surface area contributed by atoms with E-state index in [1.807, 2.05) is 0 Å². The summed E-state index contributed by atoms with van der Waals surface area (Å²) in [6, 6.07) is 0. The van der Waals surface area contributed by atoms with Crippen molar-refractivity contribution in [3.05, 3.63) is 74.3 Å². The Kier molecular flexibility index (Phi) is 7.13. The predicted octanol–water partition coefficient (Wildman–Crippen LogP) is 7.59. The van der Waals surface area contributed by atoms with Crippen LogP contribution in [0, 0.1) is 40.7 Å². The lowest BCUT2D eigenvalue weighted by molar-refractivity contribution is -0.235. The maximum atomic E-state index is 15.5. The standard InChI is InChI=1S/C22H9F15O3/c1-3-40-18(39)5(4(2)38)6-7-12(24)13(25)8(11(6)23)20(32,33)22(36,37)10-16(28)14(26)9(15(27)17(10)29)21(34,35)19(7,30)31/h38H,3H2,1-2H3/b5-4-. The molecular formula is C22H9F15O3. The monoisotopic (exact) mass is 606 g/mol. The number of hydrogen-bond acceptors (Lipinski definition) is 3. The number of rotatable bonds is 3. The number of carbonyl (C=O) groups is 1. The summed E-state index contributed by atoms with van der Waals surface area (Å²) in [6.07, 6.45) is 0. The lowest BCUT2D eigenvalue weighted by Crippen LogP contribution is -2.45. The van der Waals surface area contributed by atoms with Gasteiger partial charge in [0.1, 0.15) is 33.8 Å². The molecule has 4 bridgehead atoms. The van der Waals surface area contributed by atoms with E-state index in [0.29, 0.717) is 0 Å². The number of carbonyl (C=O) groups excluding carboxylic acids is 1. The second-order valence-corrected chi connectivity index (χ2v) is 8.05. The van der Waals surface area contributed by atoms with Gasteiger partial charge in [-0.15, -0.1) is 0 Å². The number of halogens is 15. The average molecular weight is 606 g/mol. The number of aliphatic hydroxyl groups is 1. The smallest absolute Gasteiger partial charge is 0.345 e. The maximum absolute atomic E-state index is 15.5. The van der Waals surface area contributed by atoms with Crippen molar-refractivity contribution in [1.82, 2.24) is 0 Å². The molecule has 0 heterocycles. The molecular weight excluding hydrogens is 597 g/mol. The minimum Gasteiger partial charge on any atom is -0.512 e. The molecule has 40 heavy (non-hydrogen) atoms. The minimum atomic E-state index is -6.88. The molecule has 0 fully saturated rings. The highest BCUT2D eigenvalue weighted by Gasteiger charge is 2.70. The maximum Gasteiger partial charge on any atom is 0.345 e. The molecule has 2 aromatic carbocycles. The minimum absolute atomic E-state index is 0.241. The zero-order valence-corrected chi connectivity index (χ0v) is 19.1. The largest absolute Gasteiger partial charge is 0.512 e. The quantitative estimate of drug-likeness (QED) is 0.129. The first-order chi connectivity index (χ1) is 18.0. The lowest BCUT2D eigenvalue weighted by Gasteiger charge is -2.34. The molecule has 0 unspecified atom stereocenters. The van der Waals surface area contributed by atoms with E-state index in [1.54, 1.807) is 0 Å². The van der Waals surface area contributed by atoms with Gasteiger partial charge in [-0.05, 0) is 13.8 Å². The first-order valence-electron chi connectivity index (χ1n) is 10.2. The van der Waals surface area contributed by atoms with Crippen LogP contribution in [-0.4, -0.2) is 17.7 Å². The molecule has 0 saturated heterocycles. The van der Waals surface area contributed by atoms with Gasteiger partial charge in [0, 0.05) is 5.56 Å². The molecule has 0 atom stereocenters. The highest BCUT2D eigenvalue weighted by Crippen LogP contribution is 2.59. The van der Waals surface area contributed by atoms with Gasteiger partial charge in [-0.25, -0.2) is 35.5 Å². The van der Waals surface area contributed by atoms with Crippen LogP contribution in [0.2, 0.25) is 0 Å². The van der Waals surface area contributed by atoms with Crippen LogP contribution in [0.3, 0.4) is 0 Å². The molecule has 6 rings (SSSR count). The van der Waals surface area contributed by atoms with Crippen LogP contribution in [-0.2, 0) is 33.2 Å². The number of aliphatic hydroxyl groups excluding tert-OH is 1. The number of hydrogen-bond donors (Lipinski definition) is 1. The van der Waals surface area contributed by atoms with Gasteiger partial charge < -0.3 is 9.84 Å². The zero-order chi connectivity index (χ0) is 31.1. The van der Waals surface area contributed by atoms with E-state index in [0.717, 1.165) is 6.92 Å². The zero-order valence-electron chi connectivity index (χ0n) is 19.1. The Labute approximate surface area is 211 Å². The summed E-state index contributed by atoms with van der Waals surface area (Å²) in [5.41, 5.74) is -20.0. The van der Waals surface area contributed by atoms with Crippen molar-refractivity contribution in [2.24, 2.45) is 0 Å². The molecule has 0 amide bonds. The van der Waals surface area contributed by atoms with Gasteiger partial charge >= 0.3 is 29.7 Å². The Morgan fingerprint density at radius 1 is 0.600 bits per heavy atom. The number of benzene rings is 2. The van der Waals surface area contributed by atoms with E-state index in [1.165, 1.54) is 0 Å². The predicted molar refractivity (Wildman–Crippen MR) is 100 cm³/mol. The van der Waals surface area contributed by atoms with E-state index < -0.39 is 116 Å². The number of ether oxygens (including phenoxy) is 1. The second-order valence-electron chi connectivity index (χ2n) is 8.05. The molecule has 0 spiro atoms. The highest BCUT2D eigenvalue weighted by molar-refractivity contribution is 6.17. The summed E-state index contributed by atoms with van der Waals surface area (Å²) in [4.78, 5) is 12.2. The molecule has 4 aliphatic rings. The van der Waals surface area contributed by atoms with E-state index in [9.17, 15) is 40.6 Å². The molecule has 0 radical (unpaired) electrons. The van der Waals surface area contributed by atoms with Gasteiger partial charge in [0.2, 0.25) is 0 Å². The summed E-state index contributed by atoms with van der Waals surface area (Å²) >= 11 is 0. The van der Waals surface area contributed by atoms with Crippen molar-refractivity contribution < 1.29 is 80.5 Å². The van der Waals surface area contributed by atoms with Crippen LogP contribution >= 0.6 is 0 Å².